The summed E-state index contributed by atoms with van der Waals surface area (Å²) in [6, 6.07) is 14.5. The molecule has 1 aliphatic rings. The average Bonchev–Trinajstić information content (AvgIpc) is 2.62. The highest BCUT2D eigenvalue weighted by atomic mass is 35.5. The molecule has 1 saturated heterocycles. The zero-order valence-corrected chi connectivity index (χ0v) is 17.2. The predicted octanol–water partition coefficient (Wildman–Crippen LogP) is 5.05. The van der Waals surface area contributed by atoms with E-state index in [4.69, 9.17) is 11.6 Å². The quantitative estimate of drug-likeness (QED) is 0.782. The number of rotatable bonds is 5. The van der Waals surface area contributed by atoms with E-state index in [1.807, 2.05) is 18.2 Å². The van der Waals surface area contributed by atoms with Gasteiger partial charge in [-0.1, -0.05) is 47.5 Å². The van der Waals surface area contributed by atoms with E-state index in [0.717, 1.165) is 37.5 Å². The van der Waals surface area contributed by atoms with Gasteiger partial charge in [-0.25, -0.2) is 0 Å². The van der Waals surface area contributed by atoms with E-state index in [2.05, 4.69) is 55.3 Å². The average molecular weight is 385 g/mol. The van der Waals surface area contributed by atoms with Crippen LogP contribution < -0.4 is 5.32 Å². The lowest BCUT2D eigenvalue weighted by atomic mass is 9.94. The number of amides is 1. The summed E-state index contributed by atoms with van der Waals surface area (Å²) in [4.78, 5) is 15.1. The Morgan fingerprint density at radius 3 is 2.59 bits per heavy atom. The number of hydrogen-bond donors (Lipinski definition) is 1. The lowest BCUT2D eigenvalue weighted by Crippen LogP contribution is -2.41. The number of halogens is 1. The number of carbonyl (C=O) groups is 1. The van der Waals surface area contributed by atoms with E-state index in [1.165, 1.54) is 22.3 Å². The lowest BCUT2D eigenvalue weighted by Gasteiger charge is -2.32. The van der Waals surface area contributed by atoms with Crippen molar-refractivity contribution in [2.24, 2.45) is 5.92 Å². The zero-order valence-electron chi connectivity index (χ0n) is 16.5. The van der Waals surface area contributed by atoms with Crippen LogP contribution in [0.5, 0.6) is 0 Å². The molecule has 0 radical (unpaired) electrons. The number of carbonyl (C=O) groups excluding carboxylic acids is 1. The van der Waals surface area contributed by atoms with Crippen LogP contribution in [0.2, 0.25) is 5.02 Å². The van der Waals surface area contributed by atoms with E-state index < -0.39 is 0 Å². The van der Waals surface area contributed by atoms with E-state index in [9.17, 15) is 4.79 Å². The Morgan fingerprint density at radius 2 is 1.93 bits per heavy atom. The summed E-state index contributed by atoms with van der Waals surface area (Å²) < 4.78 is 0. The van der Waals surface area contributed by atoms with Crippen LogP contribution in [0.25, 0.3) is 0 Å². The Bertz CT molecular complexity index is 797. The maximum absolute atomic E-state index is 12.7. The first kappa shape index (κ1) is 19.9. The minimum Gasteiger partial charge on any atom is -0.349 e. The van der Waals surface area contributed by atoms with Gasteiger partial charge >= 0.3 is 0 Å². The number of aryl methyl sites for hydroxylation is 2. The lowest BCUT2D eigenvalue weighted by molar-refractivity contribution is -0.127. The van der Waals surface area contributed by atoms with Gasteiger partial charge in [-0.3, -0.25) is 9.69 Å². The molecular weight excluding hydrogens is 356 g/mol. The van der Waals surface area contributed by atoms with E-state index in [0.29, 0.717) is 0 Å². The molecule has 2 aromatic carbocycles. The highest BCUT2D eigenvalue weighted by molar-refractivity contribution is 6.30. The predicted molar refractivity (Wildman–Crippen MR) is 112 cm³/mol. The largest absolute Gasteiger partial charge is 0.349 e. The molecule has 3 nitrogen and oxygen atoms in total. The highest BCUT2D eigenvalue weighted by Crippen LogP contribution is 2.23. The molecule has 0 saturated carbocycles. The van der Waals surface area contributed by atoms with Crippen molar-refractivity contribution in [2.75, 3.05) is 13.1 Å². The standard InChI is InChI=1S/C23H29ClN2O/c1-16-7-8-22(17(2)13-16)18(3)25-23(27)20-9-11-26(12-10-20)15-19-5-4-6-21(24)14-19/h4-8,13-14,18,20H,9-12,15H2,1-3H3,(H,25,27). The molecule has 144 valence electrons. The van der Waals surface area contributed by atoms with Crippen molar-refractivity contribution in [3.8, 4) is 0 Å². The second-order valence-corrected chi connectivity index (χ2v) is 8.21. The summed E-state index contributed by atoms with van der Waals surface area (Å²) in [5.74, 6) is 0.290. The molecule has 4 heteroatoms. The molecule has 1 atom stereocenters. The van der Waals surface area contributed by atoms with Gasteiger partial charge in [0.25, 0.3) is 0 Å². The smallest absolute Gasteiger partial charge is 0.223 e. The van der Waals surface area contributed by atoms with Crippen molar-refractivity contribution < 1.29 is 4.79 Å². The summed E-state index contributed by atoms with van der Waals surface area (Å²) in [5, 5.41) is 4.00. The van der Waals surface area contributed by atoms with Gasteiger partial charge in [0.1, 0.15) is 0 Å². The Morgan fingerprint density at radius 1 is 1.19 bits per heavy atom. The van der Waals surface area contributed by atoms with Crippen LogP contribution in [0.15, 0.2) is 42.5 Å². The molecule has 1 unspecified atom stereocenters. The third-order valence-corrected chi connectivity index (χ3v) is 5.74. The number of hydrogen-bond acceptors (Lipinski definition) is 2. The normalized spacial score (nSPS) is 16.9. The van der Waals surface area contributed by atoms with Crippen LogP contribution in [0.3, 0.4) is 0 Å². The maximum atomic E-state index is 12.7. The van der Waals surface area contributed by atoms with E-state index in [-0.39, 0.29) is 17.9 Å². The molecular formula is C23H29ClN2O. The monoisotopic (exact) mass is 384 g/mol. The molecule has 0 spiro atoms. The Kier molecular flexibility index (Phi) is 6.56. The van der Waals surface area contributed by atoms with Gasteiger partial charge in [0.15, 0.2) is 0 Å². The minimum absolute atomic E-state index is 0.0441. The summed E-state index contributed by atoms with van der Waals surface area (Å²) in [6.45, 7) is 9.07. The Hall–Kier alpha value is -1.84. The maximum Gasteiger partial charge on any atom is 0.223 e. The second kappa shape index (κ2) is 8.90. The van der Waals surface area contributed by atoms with Crippen LogP contribution in [0.4, 0.5) is 0 Å². The molecule has 27 heavy (non-hydrogen) atoms. The Labute approximate surface area is 167 Å². The van der Waals surface area contributed by atoms with Crippen LogP contribution in [0.1, 0.15) is 48.1 Å². The first-order valence-corrected chi connectivity index (χ1v) is 10.1. The highest BCUT2D eigenvalue weighted by Gasteiger charge is 2.26. The van der Waals surface area contributed by atoms with Gasteiger partial charge in [0, 0.05) is 17.5 Å². The summed E-state index contributed by atoms with van der Waals surface area (Å²) in [5.41, 5.74) is 4.92. The first-order chi connectivity index (χ1) is 12.9. The molecule has 1 heterocycles. The van der Waals surface area contributed by atoms with Gasteiger partial charge in [0.05, 0.1) is 6.04 Å². The fourth-order valence-electron chi connectivity index (χ4n) is 3.97. The van der Waals surface area contributed by atoms with E-state index in [1.54, 1.807) is 0 Å². The van der Waals surface area contributed by atoms with Gasteiger partial charge in [0.2, 0.25) is 5.91 Å². The van der Waals surface area contributed by atoms with Gasteiger partial charge in [-0.15, -0.1) is 0 Å². The van der Waals surface area contributed by atoms with Crippen LogP contribution in [-0.4, -0.2) is 23.9 Å². The molecule has 1 fully saturated rings. The van der Waals surface area contributed by atoms with Gasteiger partial charge < -0.3 is 5.32 Å². The van der Waals surface area contributed by atoms with Gasteiger partial charge in [-0.2, -0.15) is 0 Å². The molecule has 1 N–H and O–H groups in total. The van der Waals surface area contributed by atoms with Crippen molar-refractivity contribution in [3.05, 3.63) is 69.7 Å². The molecule has 0 bridgehead atoms. The molecule has 0 aliphatic carbocycles. The number of nitrogens with zero attached hydrogens (tertiary/aromatic N) is 1. The molecule has 3 rings (SSSR count). The van der Waals surface area contributed by atoms with Crippen LogP contribution in [-0.2, 0) is 11.3 Å². The Balaban J connectivity index is 1.50. The van der Waals surface area contributed by atoms with Crippen molar-refractivity contribution in [2.45, 2.75) is 46.2 Å². The molecule has 0 aromatic heterocycles. The second-order valence-electron chi connectivity index (χ2n) is 7.77. The number of piperidine rings is 1. The topological polar surface area (TPSA) is 32.3 Å². The summed E-state index contributed by atoms with van der Waals surface area (Å²) in [6.07, 6.45) is 1.82. The SMILES string of the molecule is Cc1ccc(C(C)NC(=O)C2CCN(Cc3cccc(Cl)c3)CC2)c(C)c1. The van der Waals surface area contributed by atoms with Gasteiger partial charge in [-0.05, 0) is 75.5 Å². The fourth-order valence-corrected chi connectivity index (χ4v) is 4.18. The number of benzene rings is 2. The molecule has 2 aromatic rings. The summed E-state index contributed by atoms with van der Waals surface area (Å²) >= 11 is 6.07. The number of nitrogens with one attached hydrogen (secondary N) is 1. The van der Waals surface area contributed by atoms with E-state index >= 15 is 0 Å². The molecule has 1 amide bonds. The van der Waals surface area contributed by atoms with Crippen molar-refractivity contribution in [1.29, 1.82) is 0 Å². The third kappa shape index (κ3) is 5.33. The third-order valence-electron chi connectivity index (χ3n) is 5.50. The van der Waals surface area contributed by atoms with Crippen molar-refractivity contribution in [1.82, 2.24) is 10.2 Å². The zero-order chi connectivity index (χ0) is 19.4. The summed E-state index contributed by atoms with van der Waals surface area (Å²) in [7, 11) is 0. The first-order valence-electron chi connectivity index (χ1n) is 9.76. The van der Waals surface area contributed by atoms with Crippen LogP contribution >= 0.6 is 11.6 Å². The fraction of sp³-hybridized carbons (Fsp3) is 0.435. The van der Waals surface area contributed by atoms with Crippen molar-refractivity contribution >= 4 is 17.5 Å². The minimum atomic E-state index is 0.0441. The number of likely N-dealkylation sites (tertiary alicyclic amines) is 1. The van der Waals surface area contributed by atoms with Crippen LogP contribution in [0, 0.1) is 19.8 Å². The van der Waals surface area contributed by atoms with Crippen molar-refractivity contribution in [3.63, 3.8) is 0 Å². The molecule has 1 aliphatic heterocycles.